The van der Waals surface area contributed by atoms with Gasteiger partial charge in [-0.05, 0) is 61.1 Å². The second-order valence-corrected chi connectivity index (χ2v) is 11.8. The Balaban J connectivity index is 1.15. The zero-order valence-corrected chi connectivity index (χ0v) is 22.7. The van der Waals surface area contributed by atoms with Gasteiger partial charge < -0.3 is 15.0 Å². The van der Waals surface area contributed by atoms with Crippen LogP contribution in [0.5, 0.6) is 11.5 Å². The molecule has 8 nitrogen and oxygen atoms in total. The van der Waals surface area contributed by atoms with Gasteiger partial charge in [-0.1, -0.05) is 20.8 Å². The number of hydrogen-bond acceptors (Lipinski definition) is 8. The van der Waals surface area contributed by atoms with E-state index in [-0.39, 0.29) is 17.2 Å². The molecule has 4 fully saturated rings. The Morgan fingerprint density at radius 1 is 1.10 bits per heavy atom. The summed E-state index contributed by atoms with van der Waals surface area (Å²) in [5, 5.41) is 13.2. The molecule has 1 atom stereocenters. The minimum atomic E-state index is -0.355. The van der Waals surface area contributed by atoms with Gasteiger partial charge in [0.1, 0.15) is 24.2 Å². The zero-order chi connectivity index (χ0) is 27.2. The van der Waals surface area contributed by atoms with Gasteiger partial charge in [-0.15, -0.1) is 0 Å². The molecule has 3 aromatic rings. The number of nitrogens with one attached hydrogen (secondary N) is 1. The highest BCUT2D eigenvalue weighted by atomic mass is 19.1. The number of hydrogen-bond donors (Lipinski definition) is 1. The molecular formula is C30H34FN7O. The summed E-state index contributed by atoms with van der Waals surface area (Å²) >= 11 is 0. The van der Waals surface area contributed by atoms with Crippen LogP contribution >= 0.6 is 0 Å². The number of aromatic nitrogens is 4. The molecular weight excluding hydrogens is 493 g/mol. The van der Waals surface area contributed by atoms with E-state index in [1.165, 1.54) is 24.8 Å². The molecule has 3 heterocycles. The Labute approximate surface area is 228 Å². The van der Waals surface area contributed by atoms with Crippen molar-refractivity contribution in [1.29, 1.82) is 5.26 Å². The van der Waals surface area contributed by atoms with Crippen LogP contribution in [0.2, 0.25) is 0 Å². The van der Waals surface area contributed by atoms with E-state index in [1.807, 2.05) is 13.8 Å². The van der Waals surface area contributed by atoms with Gasteiger partial charge in [-0.25, -0.2) is 24.3 Å². The molecule has 3 aliphatic carbocycles. The van der Waals surface area contributed by atoms with Crippen LogP contribution in [0, 0.1) is 33.9 Å². The van der Waals surface area contributed by atoms with Crippen LogP contribution < -0.4 is 15.0 Å². The summed E-state index contributed by atoms with van der Waals surface area (Å²) in [5.41, 5.74) is 2.45. The smallest absolute Gasteiger partial charge is 0.188 e. The molecule has 9 heteroatoms. The summed E-state index contributed by atoms with van der Waals surface area (Å²) in [5.74, 6) is 2.04. The maximum atomic E-state index is 14.4. The molecule has 1 N–H and O–H groups in total. The molecule has 0 unspecified atom stereocenters. The fraction of sp³-hybridized carbons (Fsp3) is 0.500. The van der Waals surface area contributed by atoms with Gasteiger partial charge in [-0.2, -0.15) is 5.26 Å². The summed E-state index contributed by atoms with van der Waals surface area (Å²) in [6.07, 6.45) is 10.5. The van der Waals surface area contributed by atoms with E-state index in [0.29, 0.717) is 34.4 Å². The van der Waals surface area contributed by atoms with Crippen LogP contribution in [-0.4, -0.2) is 45.6 Å². The molecule has 3 saturated carbocycles. The quantitative estimate of drug-likeness (QED) is 0.411. The number of piperidine rings is 1. The van der Waals surface area contributed by atoms with Crippen LogP contribution in [0.25, 0.3) is 11.1 Å². The predicted octanol–water partition coefficient (Wildman–Crippen LogP) is 5.49. The van der Waals surface area contributed by atoms with Crippen molar-refractivity contribution < 1.29 is 9.13 Å². The third-order valence-electron chi connectivity index (χ3n) is 9.24. The topological polar surface area (TPSA) is 99.8 Å². The molecule has 2 bridgehead atoms. The van der Waals surface area contributed by atoms with Gasteiger partial charge in [0.25, 0.3) is 0 Å². The molecule has 1 aromatic carbocycles. The molecule has 1 aliphatic heterocycles. The molecule has 0 radical (unpaired) electrons. The Morgan fingerprint density at radius 2 is 1.85 bits per heavy atom. The third kappa shape index (κ3) is 4.41. The maximum Gasteiger partial charge on any atom is 0.188 e. The highest BCUT2D eigenvalue weighted by molar-refractivity contribution is 5.73. The lowest BCUT2D eigenvalue weighted by atomic mass is 9.30. The minimum absolute atomic E-state index is 0.0390. The van der Waals surface area contributed by atoms with Gasteiger partial charge in [0.05, 0.1) is 23.4 Å². The van der Waals surface area contributed by atoms with E-state index < -0.39 is 0 Å². The van der Waals surface area contributed by atoms with Crippen molar-refractivity contribution >= 4 is 5.82 Å². The van der Waals surface area contributed by atoms with Crippen LogP contribution in [0.3, 0.4) is 0 Å². The third-order valence-corrected chi connectivity index (χ3v) is 9.24. The molecule has 1 saturated heterocycles. The van der Waals surface area contributed by atoms with Crippen molar-refractivity contribution in [3.8, 4) is 28.7 Å². The molecule has 0 spiro atoms. The summed E-state index contributed by atoms with van der Waals surface area (Å²) in [6.45, 7) is 9.01. The number of nitriles is 1. The lowest BCUT2D eigenvalue weighted by molar-refractivity contribution is -0.230. The van der Waals surface area contributed by atoms with Crippen molar-refractivity contribution in [3.05, 3.63) is 54.8 Å². The lowest BCUT2D eigenvalue weighted by Gasteiger charge is -2.73. The second-order valence-electron chi connectivity index (χ2n) is 11.8. The number of nitrogens with zero attached hydrogens (tertiary/aromatic N) is 6. The van der Waals surface area contributed by atoms with Crippen LogP contribution in [0.15, 0.2) is 43.2 Å². The number of anilines is 1. The van der Waals surface area contributed by atoms with Crippen LogP contribution in [0.1, 0.15) is 58.1 Å². The highest BCUT2D eigenvalue weighted by Gasteiger charge is 2.73. The van der Waals surface area contributed by atoms with E-state index >= 15 is 0 Å². The van der Waals surface area contributed by atoms with Crippen molar-refractivity contribution in [1.82, 2.24) is 25.3 Å². The Bertz CT molecular complexity index is 1410. The lowest BCUT2D eigenvalue weighted by Crippen LogP contribution is -2.72. The Morgan fingerprint density at radius 3 is 2.56 bits per heavy atom. The van der Waals surface area contributed by atoms with Crippen molar-refractivity contribution in [2.24, 2.45) is 16.7 Å². The number of rotatable bonds is 8. The maximum absolute atomic E-state index is 14.4. The van der Waals surface area contributed by atoms with Gasteiger partial charge in [0.2, 0.25) is 0 Å². The average Bonchev–Trinajstić information content (AvgIpc) is 2.94. The van der Waals surface area contributed by atoms with E-state index in [4.69, 9.17) is 4.74 Å². The van der Waals surface area contributed by atoms with Gasteiger partial charge in [-0.3, -0.25) is 0 Å². The summed E-state index contributed by atoms with van der Waals surface area (Å²) in [4.78, 5) is 19.7. The average molecular weight is 528 g/mol. The van der Waals surface area contributed by atoms with Gasteiger partial charge in [0.15, 0.2) is 11.6 Å². The summed E-state index contributed by atoms with van der Waals surface area (Å²) in [7, 11) is 0. The van der Waals surface area contributed by atoms with Crippen LogP contribution in [0.4, 0.5) is 10.2 Å². The fourth-order valence-electron chi connectivity index (χ4n) is 6.78. The standard InChI is InChI=1S/C30H34FN7O/c1-19(2)27-24(11-33-17-36-27)23-10-21(31)4-5-25(23)39-26-12-34-18-37-28(26)38-8-6-22(7-9-38)35-16-30-13-29(14-30,15-32)20(30)3/h4-5,10-12,17-20,22,35H,6-9,13-14,16H2,1-3H3/t20-,29?,30?/m1/s1. The molecule has 2 aromatic heterocycles. The highest BCUT2D eigenvalue weighted by Crippen LogP contribution is 2.76. The monoisotopic (exact) mass is 527 g/mol. The normalized spacial score (nSPS) is 26.1. The van der Waals surface area contributed by atoms with Crippen molar-refractivity contribution in [2.75, 3.05) is 24.5 Å². The predicted molar refractivity (Wildman–Crippen MR) is 146 cm³/mol. The van der Waals surface area contributed by atoms with E-state index in [1.54, 1.807) is 18.5 Å². The van der Waals surface area contributed by atoms with E-state index in [9.17, 15) is 9.65 Å². The summed E-state index contributed by atoms with van der Waals surface area (Å²) in [6, 6.07) is 7.48. The largest absolute Gasteiger partial charge is 0.451 e. The zero-order valence-electron chi connectivity index (χ0n) is 22.7. The summed E-state index contributed by atoms with van der Waals surface area (Å²) < 4.78 is 20.8. The molecule has 7 rings (SSSR count). The SMILES string of the molecule is CC(C)c1ncncc1-c1cc(F)ccc1Oc1cncnc1N1CCC(NCC23CC(C#N)(C2)[C@H]3C)CC1. The molecule has 0 amide bonds. The first-order chi connectivity index (χ1) is 18.8. The van der Waals surface area contributed by atoms with E-state index in [2.05, 4.69) is 43.1 Å². The number of benzene rings is 1. The Kier molecular flexibility index (Phi) is 6.46. The minimum Gasteiger partial charge on any atom is -0.451 e. The fourth-order valence-corrected chi connectivity index (χ4v) is 6.78. The molecule has 4 aliphatic rings. The molecule has 39 heavy (non-hydrogen) atoms. The second kappa shape index (κ2) is 9.83. The van der Waals surface area contributed by atoms with Crippen molar-refractivity contribution in [2.45, 2.75) is 58.4 Å². The van der Waals surface area contributed by atoms with Gasteiger partial charge >= 0.3 is 0 Å². The Hall–Kier alpha value is -3.64. The molecule has 202 valence electrons. The first-order valence-corrected chi connectivity index (χ1v) is 13.8. The van der Waals surface area contributed by atoms with Gasteiger partial charge in [0, 0.05) is 43.0 Å². The van der Waals surface area contributed by atoms with Crippen molar-refractivity contribution in [3.63, 3.8) is 0 Å². The first kappa shape index (κ1) is 25.6. The first-order valence-electron chi connectivity index (χ1n) is 13.8. The van der Waals surface area contributed by atoms with Crippen LogP contribution in [-0.2, 0) is 0 Å². The van der Waals surface area contributed by atoms with E-state index in [0.717, 1.165) is 62.4 Å². The number of ether oxygens (including phenoxy) is 1. The number of halogens is 1.